The first-order valence-electron chi connectivity index (χ1n) is 10.1. The Labute approximate surface area is 186 Å². The summed E-state index contributed by atoms with van der Waals surface area (Å²) in [4.78, 5) is 35.4. The Kier molecular flexibility index (Phi) is 9.13. The van der Waals surface area contributed by atoms with Gasteiger partial charge in [-0.3, -0.25) is 14.2 Å². The predicted molar refractivity (Wildman–Crippen MR) is 119 cm³/mol. The van der Waals surface area contributed by atoms with Crippen LogP contribution in [0.4, 0.5) is 0 Å². The number of nitrogens with one attached hydrogen (secondary N) is 1. The fourth-order valence-corrected chi connectivity index (χ4v) is 4.69. The zero-order chi connectivity index (χ0) is 23.7. The average Bonchev–Trinajstić information content (AvgIpc) is 2.74. The lowest BCUT2D eigenvalue weighted by atomic mass is 10.0. The van der Waals surface area contributed by atoms with Gasteiger partial charge in [-0.25, -0.2) is 4.79 Å². The number of benzene rings is 2. The van der Waals surface area contributed by atoms with Gasteiger partial charge < -0.3 is 25.2 Å². The highest BCUT2D eigenvalue weighted by molar-refractivity contribution is 7.53. The Hall–Kier alpha value is -3.00. The SMILES string of the molecule is CCOP(=O)(Cc1ccc(C(=O)N[C@@H](Cc2ccc(C(=O)O)cc2)C(N)=O)cc1)OCC. The molecule has 0 unspecified atom stereocenters. The maximum absolute atomic E-state index is 12.6. The second kappa shape index (κ2) is 11.6. The third-order valence-electron chi connectivity index (χ3n) is 4.53. The molecular formula is C22H27N2O7P. The molecule has 172 valence electrons. The van der Waals surface area contributed by atoms with E-state index in [0.717, 1.165) is 0 Å². The Bertz CT molecular complexity index is 980. The van der Waals surface area contributed by atoms with Crippen molar-refractivity contribution in [1.29, 1.82) is 0 Å². The number of carbonyl (C=O) groups excluding carboxylic acids is 2. The van der Waals surface area contributed by atoms with Crippen LogP contribution in [0.5, 0.6) is 0 Å². The summed E-state index contributed by atoms with van der Waals surface area (Å²) in [6.45, 7) is 3.97. The van der Waals surface area contributed by atoms with Gasteiger partial charge in [-0.1, -0.05) is 24.3 Å². The highest BCUT2D eigenvalue weighted by atomic mass is 31.2. The molecule has 0 fully saturated rings. The third kappa shape index (κ3) is 7.30. The number of hydrogen-bond donors (Lipinski definition) is 3. The van der Waals surface area contributed by atoms with Crippen molar-refractivity contribution in [3.05, 3.63) is 70.8 Å². The second-order valence-electron chi connectivity index (χ2n) is 6.94. The largest absolute Gasteiger partial charge is 0.478 e. The number of amides is 2. The van der Waals surface area contributed by atoms with Crippen LogP contribution in [0.15, 0.2) is 48.5 Å². The quantitative estimate of drug-likeness (QED) is 0.411. The molecule has 0 aliphatic rings. The Balaban J connectivity index is 2.06. The molecule has 0 saturated carbocycles. The van der Waals surface area contributed by atoms with E-state index in [2.05, 4.69) is 5.32 Å². The number of primary amides is 1. The van der Waals surface area contributed by atoms with Gasteiger partial charge in [0.1, 0.15) is 6.04 Å². The zero-order valence-corrected chi connectivity index (χ0v) is 18.8. The smallest absolute Gasteiger partial charge is 0.335 e. The van der Waals surface area contributed by atoms with Crippen LogP contribution >= 0.6 is 7.60 Å². The molecule has 2 rings (SSSR count). The van der Waals surface area contributed by atoms with Crippen molar-refractivity contribution in [2.75, 3.05) is 13.2 Å². The summed E-state index contributed by atoms with van der Waals surface area (Å²) in [5, 5.41) is 11.6. The molecule has 2 aromatic rings. The van der Waals surface area contributed by atoms with Crippen molar-refractivity contribution >= 4 is 25.4 Å². The summed E-state index contributed by atoms with van der Waals surface area (Å²) in [5.41, 5.74) is 7.17. The van der Waals surface area contributed by atoms with Gasteiger partial charge in [0.15, 0.2) is 0 Å². The van der Waals surface area contributed by atoms with Gasteiger partial charge in [-0.05, 0) is 49.2 Å². The zero-order valence-electron chi connectivity index (χ0n) is 17.9. The molecule has 0 aromatic heterocycles. The van der Waals surface area contributed by atoms with Crippen LogP contribution in [0.3, 0.4) is 0 Å². The summed E-state index contributed by atoms with van der Waals surface area (Å²) < 4.78 is 23.2. The van der Waals surface area contributed by atoms with E-state index in [1.54, 1.807) is 50.2 Å². The van der Waals surface area contributed by atoms with E-state index in [0.29, 0.717) is 16.7 Å². The fourth-order valence-electron chi connectivity index (χ4n) is 2.99. The minimum Gasteiger partial charge on any atom is -0.478 e. The Morgan fingerprint density at radius 2 is 1.44 bits per heavy atom. The number of carboxylic acids is 1. The Morgan fingerprint density at radius 3 is 1.91 bits per heavy atom. The predicted octanol–water partition coefficient (Wildman–Crippen LogP) is 2.98. The molecule has 0 bridgehead atoms. The lowest BCUT2D eigenvalue weighted by molar-refractivity contribution is -0.119. The number of rotatable bonds is 12. The maximum Gasteiger partial charge on any atom is 0.335 e. The van der Waals surface area contributed by atoms with Gasteiger partial charge in [-0.15, -0.1) is 0 Å². The van der Waals surface area contributed by atoms with Crippen molar-refractivity contribution in [3.63, 3.8) is 0 Å². The molecule has 0 radical (unpaired) electrons. The van der Waals surface area contributed by atoms with Crippen molar-refractivity contribution in [3.8, 4) is 0 Å². The molecule has 0 heterocycles. The minimum absolute atomic E-state index is 0.0762. The molecule has 2 amide bonds. The van der Waals surface area contributed by atoms with E-state index in [1.807, 2.05) is 0 Å². The van der Waals surface area contributed by atoms with Crippen LogP contribution in [-0.2, 0) is 31.0 Å². The van der Waals surface area contributed by atoms with Gasteiger partial charge in [0.2, 0.25) is 5.91 Å². The van der Waals surface area contributed by atoms with Crippen molar-refractivity contribution < 1.29 is 33.1 Å². The first kappa shape index (κ1) is 25.3. The Morgan fingerprint density at radius 1 is 0.938 bits per heavy atom. The maximum atomic E-state index is 12.6. The summed E-state index contributed by atoms with van der Waals surface area (Å²) in [7, 11) is -3.26. The number of carbonyl (C=O) groups is 3. The second-order valence-corrected chi connectivity index (χ2v) is 8.99. The van der Waals surface area contributed by atoms with Crippen LogP contribution in [0.25, 0.3) is 0 Å². The molecule has 2 aromatic carbocycles. The minimum atomic E-state index is -3.26. The molecule has 0 saturated heterocycles. The fraction of sp³-hybridized carbons (Fsp3) is 0.318. The van der Waals surface area contributed by atoms with Crippen LogP contribution < -0.4 is 11.1 Å². The van der Waals surface area contributed by atoms with Crippen LogP contribution in [0.1, 0.15) is 45.7 Å². The molecule has 4 N–H and O–H groups in total. The summed E-state index contributed by atoms with van der Waals surface area (Å²) >= 11 is 0. The molecule has 0 aliphatic heterocycles. The molecule has 0 spiro atoms. The van der Waals surface area contributed by atoms with Gasteiger partial charge in [0.25, 0.3) is 5.91 Å². The highest BCUT2D eigenvalue weighted by Gasteiger charge is 2.24. The van der Waals surface area contributed by atoms with E-state index in [1.165, 1.54) is 12.1 Å². The van der Waals surface area contributed by atoms with E-state index in [9.17, 15) is 18.9 Å². The standard InChI is InChI=1S/C22H27N2O7P/c1-3-30-32(29,31-4-2)14-16-7-9-17(10-8-16)21(26)24-19(20(23)25)13-15-5-11-18(12-6-15)22(27)28/h5-12,19H,3-4,13-14H2,1-2H3,(H2,23,25)(H,24,26)(H,27,28)/t19-/m0/s1. The van der Waals surface area contributed by atoms with Crippen LogP contribution in [-0.4, -0.2) is 42.1 Å². The molecule has 0 aliphatic carbocycles. The van der Waals surface area contributed by atoms with Gasteiger partial charge in [0.05, 0.1) is 24.9 Å². The van der Waals surface area contributed by atoms with E-state index in [-0.39, 0.29) is 31.4 Å². The average molecular weight is 462 g/mol. The van der Waals surface area contributed by atoms with Gasteiger partial charge in [-0.2, -0.15) is 0 Å². The molecule has 32 heavy (non-hydrogen) atoms. The number of hydrogen-bond acceptors (Lipinski definition) is 6. The summed E-state index contributed by atoms with van der Waals surface area (Å²) in [6, 6.07) is 11.4. The van der Waals surface area contributed by atoms with Crippen molar-refractivity contribution in [2.24, 2.45) is 5.73 Å². The van der Waals surface area contributed by atoms with Crippen LogP contribution in [0, 0.1) is 0 Å². The summed E-state index contributed by atoms with van der Waals surface area (Å²) in [6.07, 6.45) is 0.192. The number of nitrogens with two attached hydrogens (primary N) is 1. The van der Waals surface area contributed by atoms with Gasteiger partial charge in [0, 0.05) is 12.0 Å². The number of aromatic carboxylic acids is 1. The number of carboxylic acid groups (broad SMARTS) is 1. The highest BCUT2D eigenvalue weighted by Crippen LogP contribution is 2.51. The topological polar surface area (TPSA) is 145 Å². The van der Waals surface area contributed by atoms with Crippen molar-refractivity contribution in [2.45, 2.75) is 32.5 Å². The lowest BCUT2D eigenvalue weighted by Gasteiger charge is -2.17. The van der Waals surface area contributed by atoms with Crippen LogP contribution in [0.2, 0.25) is 0 Å². The first-order valence-corrected chi connectivity index (χ1v) is 11.8. The molecular weight excluding hydrogens is 435 g/mol. The lowest BCUT2D eigenvalue weighted by Crippen LogP contribution is -2.45. The molecule has 1 atom stereocenters. The summed E-state index contributed by atoms with van der Waals surface area (Å²) in [5.74, 6) is -2.27. The van der Waals surface area contributed by atoms with E-state index in [4.69, 9.17) is 19.9 Å². The van der Waals surface area contributed by atoms with Gasteiger partial charge >= 0.3 is 13.6 Å². The van der Waals surface area contributed by atoms with Crippen molar-refractivity contribution in [1.82, 2.24) is 5.32 Å². The van der Waals surface area contributed by atoms with E-state index < -0.39 is 31.4 Å². The first-order chi connectivity index (χ1) is 15.2. The molecule has 9 nitrogen and oxygen atoms in total. The normalized spacial score (nSPS) is 12.2. The molecule has 10 heteroatoms. The monoisotopic (exact) mass is 462 g/mol. The third-order valence-corrected chi connectivity index (χ3v) is 6.59. The van der Waals surface area contributed by atoms with E-state index >= 15 is 0 Å².